The van der Waals surface area contributed by atoms with Crippen molar-refractivity contribution in [3.05, 3.63) is 160 Å². The van der Waals surface area contributed by atoms with Crippen LogP contribution < -0.4 is 9.64 Å². The number of amides is 1. The van der Waals surface area contributed by atoms with Gasteiger partial charge in [-0.1, -0.05) is 111 Å². The van der Waals surface area contributed by atoms with Gasteiger partial charge in [-0.2, -0.15) is 4.31 Å². The number of sulfonamides is 1. The molecule has 14 heteroatoms. The first-order valence-electron chi connectivity index (χ1n) is 19.3. The van der Waals surface area contributed by atoms with E-state index >= 15 is 0 Å². The van der Waals surface area contributed by atoms with Gasteiger partial charge in [0, 0.05) is 18.3 Å². The zero-order chi connectivity index (χ0) is 42.1. The van der Waals surface area contributed by atoms with Crippen molar-refractivity contribution < 1.29 is 49.4 Å². The van der Waals surface area contributed by atoms with E-state index in [1.54, 1.807) is 24.3 Å². The van der Waals surface area contributed by atoms with Crippen molar-refractivity contribution in [2.45, 2.75) is 76.0 Å². The Morgan fingerprint density at radius 2 is 1.27 bits per heavy atom. The highest BCUT2D eigenvalue weighted by Gasteiger charge is 2.38. The number of esters is 1. The predicted molar refractivity (Wildman–Crippen MR) is 212 cm³/mol. The highest BCUT2D eigenvalue weighted by Crippen LogP contribution is 2.34. The summed E-state index contributed by atoms with van der Waals surface area (Å²) in [5.74, 6) is -13.7. The molecule has 0 radical (unpaired) electrons. The van der Waals surface area contributed by atoms with E-state index in [2.05, 4.69) is 0 Å². The quantitative estimate of drug-likeness (QED) is 0.0426. The largest absolute Gasteiger partial charge is 0.488 e. The number of nitrogens with zero attached hydrogens (tertiary/aromatic N) is 2. The molecule has 8 nitrogen and oxygen atoms in total. The highest BCUT2D eigenvalue weighted by molar-refractivity contribution is 7.89. The molecule has 6 rings (SSSR count). The zero-order valence-electron chi connectivity index (χ0n) is 32.3. The molecule has 310 valence electrons. The Labute approximate surface area is 340 Å². The molecule has 5 aromatic carbocycles. The first-order valence-corrected chi connectivity index (χ1v) is 20.8. The Hall–Kier alpha value is -5.60. The molecule has 0 N–H and O–H groups in total. The fraction of sp³-hybridized carbons (Fsp3) is 0.289. The molecule has 0 aromatic heterocycles. The number of rotatable bonds is 16. The van der Waals surface area contributed by atoms with Crippen molar-refractivity contribution in [2.24, 2.45) is 0 Å². The Morgan fingerprint density at radius 1 is 0.695 bits per heavy atom. The van der Waals surface area contributed by atoms with E-state index in [9.17, 15) is 40.0 Å². The normalized spacial score (nSPS) is 13.3. The lowest BCUT2D eigenvalue weighted by Gasteiger charge is -2.28. The first kappa shape index (κ1) is 43.0. The number of ether oxygens (including phenoxy) is 2. The van der Waals surface area contributed by atoms with Crippen LogP contribution in [0.1, 0.15) is 84.0 Å². The lowest BCUT2D eigenvalue weighted by molar-refractivity contribution is -0.119. The molecular weight excluding hydrogens is 792 g/mol. The first-order chi connectivity index (χ1) is 28.4. The van der Waals surface area contributed by atoms with E-state index in [-0.39, 0.29) is 43.2 Å². The number of benzene rings is 5. The second-order valence-corrected chi connectivity index (χ2v) is 16.2. The molecule has 1 aliphatic rings. The maximum Gasteiger partial charge on any atom is 0.342 e. The summed E-state index contributed by atoms with van der Waals surface area (Å²) in [5.41, 5.74) is 3.48. The van der Waals surface area contributed by atoms with Crippen LogP contribution >= 0.6 is 0 Å². The number of carbonyl (C=O) groups is 2. The summed E-state index contributed by atoms with van der Waals surface area (Å²) in [6.45, 7) is -0.187. The van der Waals surface area contributed by atoms with Crippen LogP contribution in [0.25, 0.3) is 0 Å². The highest BCUT2D eigenvalue weighted by atomic mass is 32.2. The molecule has 0 bridgehead atoms. The van der Waals surface area contributed by atoms with Crippen molar-refractivity contribution in [1.82, 2.24) is 4.31 Å². The molecule has 1 aliphatic carbocycles. The van der Waals surface area contributed by atoms with Gasteiger partial charge in [0.25, 0.3) is 0 Å². The molecule has 0 saturated heterocycles. The molecule has 1 fully saturated rings. The Morgan fingerprint density at radius 3 is 1.86 bits per heavy atom. The van der Waals surface area contributed by atoms with Crippen LogP contribution in [0, 0.1) is 29.1 Å². The standard InChI is InChI=1S/C45H43F5N2O6S/c1-2-24-51(59(55,56)44-42(49)40(47)39(46)41(48)43(44)50)27-38(53)52(26-30-18-20-34(21-19-30)33-16-10-5-11-17-33)35-22-23-36(45(54)58-29-32-14-8-4-9-15-32)37(25-35)57-28-31-12-6-3-7-13-31/h3-4,6-9,12-15,18-23,25,33H,2,5,10-11,16-17,24,26-29H2,1H3. The average Bonchev–Trinajstić information content (AvgIpc) is 3.26. The van der Waals surface area contributed by atoms with Crippen LogP contribution in [0.4, 0.5) is 27.6 Å². The summed E-state index contributed by atoms with van der Waals surface area (Å²) in [7, 11) is -5.48. The molecule has 1 amide bonds. The summed E-state index contributed by atoms with van der Waals surface area (Å²) in [6.07, 6.45) is 5.56. The summed E-state index contributed by atoms with van der Waals surface area (Å²) in [4.78, 5) is 27.1. The Kier molecular flexibility index (Phi) is 14.2. The zero-order valence-corrected chi connectivity index (χ0v) is 33.1. The molecule has 0 unspecified atom stereocenters. The second-order valence-electron chi connectivity index (χ2n) is 14.3. The van der Waals surface area contributed by atoms with Gasteiger partial charge in [0.15, 0.2) is 28.2 Å². The van der Waals surface area contributed by atoms with E-state index in [1.807, 2.05) is 60.7 Å². The smallest absolute Gasteiger partial charge is 0.342 e. The van der Waals surface area contributed by atoms with Gasteiger partial charge < -0.3 is 14.4 Å². The van der Waals surface area contributed by atoms with Gasteiger partial charge in [-0.3, -0.25) is 4.79 Å². The Bertz CT molecular complexity index is 2330. The lowest BCUT2D eigenvalue weighted by Crippen LogP contribution is -2.43. The second kappa shape index (κ2) is 19.4. The SMILES string of the molecule is CCCN(CC(=O)N(Cc1ccc(C2CCCCC2)cc1)c1ccc(C(=O)OCc2ccccc2)c(OCc2ccccc2)c1)S(=O)(=O)c1c(F)c(F)c(F)c(F)c1F. The van der Waals surface area contributed by atoms with Gasteiger partial charge >= 0.3 is 5.97 Å². The number of halogens is 5. The van der Waals surface area contributed by atoms with Gasteiger partial charge in [0.2, 0.25) is 21.7 Å². The average molecular weight is 835 g/mol. The summed E-state index contributed by atoms with van der Waals surface area (Å²) < 4.78 is 112. The van der Waals surface area contributed by atoms with E-state index < -0.39 is 69.0 Å². The van der Waals surface area contributed by atoms with Gasteiger partial charge in [-0.25, -0.2) is 35.2 Å². The summed E-state index contributed by atoms with van der Waals surface area (Å²) >= 11 is 0. The van der Waals surface area contributed by atoms with Crippen molar-refractivity contribution in [2.75, 3.05) is 18.0 Å². The number of anilines is 1. The molecular formula is C45H43F5N2O6S. The Balaban J connectivity index is 1.38. The fourth-order valence-corrected chi connectivity index (χ4v) is 8.64. The third-order valence-electron chi connectivity index (χ3n) is 10.2. The topological polar surface area (TPSA) is 93.2 Å². The van der Waals surface area contributed by atoms with Crippen LogP contribution in [0.15, 0.2) is 108 Å². The molecule has 0 aliphatic heterocycles. The van der Waals surface area contributed by atoms with Gasteiger partial charge in [0.1, 0.15) is 24.5 Å². The van der Waals surface area contributed by atoms with Crippen molar-refractivity contribution in [3.8, 4) is 5.75 Å². The molecule has 59 heavy (non-hydrogen) atoms. The van der Waals surface area contributed by atoms with Crippen LogP contribution in [-0.2, 0) is 39.3 Å². The van der Waals surface area contributed by atoms with Crippen LogP contribution in [0.5, 0.6) is 5.75 Å². The number of carbonyl (C=O) groups excluding carboxylic acids is 2. The van der Waals surface area contributed by atoms with Gasteiger partial charge in [0.05, 0.1) is 13.1 Å². The van der Waals surface area contributed by atoms with Gasteiger partial charge in [-0.05, 0) is 59.6 Å². The van der Waals surface area contributed by atoms with E-state index in [0.717, 1.165) is 42.4 Å². The summed E-state index contributed by atoms with van der Waals surface area (Å²) in [5, 5.41) is 0. The number of hydrogen-bond donors (Lipinski definition) is 0. The minimum Gasteiger partial charge on any atom is -0.488 e. The number of hydrogen-bond acceptors (Lipinski definition) is 6. The monoisotopic (exact) mass is 834 g/mol. The van der Waals surface area contributed by atoms with Crippen molar-refractivity contribution >= 4 is 27.6 Å². The molecule has 0 atom stereocenters. The molecule has 1 saturated carbocycles. The predicted octanol–water partition coefficient (Wildman–Crippen LogP) is 10.00. The maximum atomic E-state index is 14.9. The van der Waals surface area contributed by atoms with E-state index in [4.69, 9.17) is 9.47 Å². The van der Waals surface area contributed by atoms with Crippen LogP contribution in [0.3, 0.4) is 0 Å². The minimum atomic E-state index is -5.48. The van der Waals surface area contributed by atoms with Crippen molar-refractivity contribution in [3.63, 3.8) is 0 Å². The maximum absolute atomic E-state index is 14.9. The van der Waals surface area contributed by atoms with Crippen molar-refractivity contribution in [1.29, 1.82) is 0 Å². The molecule has 0 spiro atoms. The molecule has 0 heterocycles. The third kappa shape index (κ3) is 10.2. The van der Waals surface area contributed by atoms with Gasteiger partial charge in [-0.15, -0.1) is 0 Å². The van der Waals surface area contributed by atoms with Crippen LogP contribution in [0.2, 0.25) is 0 Å². The van der Waals surface area contributed by atoms with Crippen LogP contribution in [-0.4, -0.2) is 37.7 Å². The fourth-order valence-electron chi connectivity index (χ4n) is 7.05. The molecule has 5 aromatic rings. The van der Waals surface area contributed by atoms with E-state index in [1.165, 1.54) is 36.4 Å². The van der Waals surface area contributed by atoms with E-state index in [0.29, 0.717) is 15.8 Å². The minimum absolute atomic E-state index is 0.0157. The third-order valence-corrected chi connectivity index (χ3v) is 12.1. The lowest BCUT2D eigenvalue weighted by atomic mass is 9.84. The summed E-state index contributed by atoms with van der Waals surface area (Å²) in [6, 6.07) is 30.0.